The fourth-order valence-electron chi connectivity index (χ4n) is 3.53. The molecule has 0 fully saturated rings. The number of amides is 2. The zero-order valence-corrected chi connectivity index (χ0v) is 20.6. The predicted octanol–water partition coefficient (Wildman–Crippen LogP) is 4.82. The van der Waals surface area contributed by atoms with Gasteiger partial charge in [0.25, 0.3) is 11.8 Å². The summed E-state index contributed by atoms with van der Waals surface area (Å²) in [6.45, 7) is 4.50. The minimum Gasteiger partial charge on any atom is -0.493 e. The van der Waals surface area contributed by atoms with Gasteiger partial charge in [0, 0.05) is 6.54 Å². The van der Waals surface area contributed by atoms with Crippen LogP contribution in [0.2, 0.25) is 0 Å². The lowest BCUT2D eigenvalue weighted by molar-refractivity contribution is -0.118. The molecule has 0 saturated carbocycles. The van der Waals surface area contributed by atoms with Crippen molar-refractivity contribution in [3.8, 4) is 17.2 Å². The Morgan fingerprint density at radius 2 is 1.60 bits per heavy atom. The van der Waals surface area contributed by atoms with E-state index < -0.39 is 0 Å². The second kappa shape index (κ2) is 12.5. The molecule has 2 amide bonds. The summed E-state index contributed by atoms with van der Waals surface area (Å²) < 4.78 is 16.2. The van der Waals surface area contributed by atoms with Gasteiger partial charge >= 0.3 is 0 Å². The summed E-state index contributed by atoms with van der Waals surface area (Å²) in [5.41, 5.74) is 3.02. The number of hydrogen-bond acceptors (Lipinski definition) is 5. The summed E-state index contributed by atoms with van der Waals surface area (Å²) in [7, 11) is 3.17. The van der Waals surface area contributed by atoms with E-state index in [2.05, 4.69) is 24.5 Å². The first-order valence-electron chi connectivity index (χ1n) is 11.5. The highest BCUT2D eigenvalue weighted by Crippen LogP contribution is 2.27. The van der Waals surface area contributed by atoms with Crippen molar-refractivity contribution in [2.75, 3.05) is 32.7 Å². The lowest BCUT2D eigenvalue weighted by atomic mass is 10.0. The number of nitrogens with one attached hydrogen (secondary N) is 2. The van der Waals surface area contributed by atoms with Gasteiger partial charge in [0.2, 0.25) is 0 Å². The van der Waals surface area contributed by atoms with Gasteiger partial charge in [-0.3, -0.25) is 9.59 Å². The molecule has 2 N–H and O–H groups in total. The maximum absolute atomic E-state index is 12.8. The van der Waals surface area contributed by atoms with Crippen molar-refractivity contribution < 1.29 is 23.8 Å². The van der Waals surface area contributed by atoms with Crippen LogP contribution in [-0.2, 0) is 11.2 Å². The second-order valence-electron chi connectivity index (χ2n) is 8.30. The molecule has 0 unspecified atom stereocenters. The van der Waals surface area contributed by atoms with Crippen molar-refractivity contribution in [1.29, 1.82) is 0 Å². The Balaban J connectivity index is 1.54. The molecule has 0 aliphatic heterocycles. The highest BCUT2D eigenvalue weighted by molar-refractivity contribution is 6.04. The Kier molecular flexibility index (Phi) is 9.12. The maximum Gasteiger partial charge on any atom is 0.262 e. The van der Waals surface area contributed by atoms with Crippen LogP contribution >= 0.6 is 0 Å². The van der Waals surface area contributed by atoms with E-state index in [0.717, 1.165) is 5.56 Å². The number of anilines is 1. The molecule has 7 heteroatoms. The fraction of sp³-hybridized carbons (Fsp3) is 0.286. The van der Waals surface area contributed by atoms with Gasteiger partial charge in [-0.2, -0.15) is 0 Å². The summed E-state index contributed by atoms with van der Waals surface area (Å²) in [6, 6.07) is 20.2. The minimum atomic E-state index is -0.344. The van der Waals surface area contributed by atoms with Crippen LogP contribution in [0.3, 0.4) is 0 Å². The molecule has 0 aromatic heterocycles. The van der Waals surface area contributed by atoms with E-state index in [9.17, 15) is 9.59 Å². The normalized spacial score (nSPS) is 10.5. The van der Waals surface area contributed by atoms with Crippen LogP contribution in [0.4, 0.5) is 5.69 Å². The Bertz CT molecular complexity index is 1140. The lowest BCUT2D eigenvalue weighted by Crippen LogP contribution is -2.28. The minimum absolute atomic E-state index is 0.156. The van der Waals surface area contributed by atoms with Crippen LogP contribution in [0.15, 0.2) is 66.7 Å². The number of ether oxygens (including phenoxy) is 3. The number of para-hydroxylation sites is 1. The summed E-state index contributed by atoms with van der Waals surface area (Å²) in [5.74, 6) is 1.72. The van der Waals surface area contributed by atoms with Crippen LogP contribution in [0, 0.1) is 0 Å². The average molecular weight is 477 g/mol. The number of carbonyl (C=O) groups is 2. The van der Waals surface area contributed by atoms with Crippen LogP contribution in [0.1, 0.15) is 41.3 Å². The summed E-state index contributed by atoms with van der Waals surface area (Å²) in [4.78, 5) is 25.2. The molecule has 7 nitrogen and oxygen atoms in total. The lowest BCUT2D eigenvalue weighted by Gasteiger charge is -2.13. The van der Waals surface area contributed by atoms with Crippen molar-refractivity contribution in [3.63, 3.8) is 0 Å². The van der Waals surface area contributed by atoms with Crippen LogP contribution in [0.5, 0.6) is 17.2 Å². The average Bonchev–Trinajstić information content (AvgIpc) is 2.87. The second-order valence-corrected chi connectivity index (χ2v) is 8.30. The molecule has 3 rings (SSSR count). The maximum atomic E-state index is 12.8. The van der Waals surface area contributed by atoms with Crippen molar-refractivity contribution in [3.05, 3.63) is 83.4 Å². The van der Waals surface area contributed by atoms with Gasteiger partial charge < -0.3 is 24.8 Å². The van der Waals surface area contributed by atoms with Crippen LogP contribution in [-0.4, -0.2) is 39.2 Å². The molecule has 0 radical (unpaired) electrons. The summed E-state index contributed by atoms with van der Waals surface area (Å²) in [6.07, 6.45) is 0.615. The SMILES string of the molecule is COc1ccc(CCNC(=O)c2ccccc2NC(=O)COc2ccc(C(C)C)cc2)cc1OC. The van der Waals surface area contributed by atoms with Gasteiger partial charge in [0.15, 0.2) is 18.1 Å². The van der Waals surface area contributed by atoms with Crippen molar-refractivity contribution >= 4 is 17.5 Å². The van der Waals surface area contributed by atoms with E-state index in [1.165, 1.54) is 5.56 Å². The molecule has 0 aliphatic carbocycles. The first-order chi connectivity index (χ1) is 16.9. The molecule has 35 heavy (non-hydrogen) atoms. The number of carbonyl (C=O) groups excluding carboxylic acids is 2. The van der Waals surface area contributed by atoms with Gasteiger partial charge in [0.1, 0.15) is 5.75 Å². The highest BCUT2D eigenvalue weighted by atomic mass is 16.5. The summed E-state index contributed by atoms with van der Waals surface area (Å²) in [5, 5.41) is 5.68. The molecule has 3 aromatic carbocycles. The predicted molar refractivity (Wildman–Crippen MR) is 137 cm³/mol. The standard InChI is InChI=1S/C28H32N2O5/c1-19(2)21-10-12-22(13-11-21)35-18-27(31)30-24-8-6-5-7-23(24)28(32)29-16-15-20-9-14-25(33-3)26(17-20)34-4/h5-14,17,19H,15-16,18H2,1-4H3,(H,29,32)(H,30,31). The molecule has 0 heterocycles. The molecular weight excluding hydrogens is 444 g/mol. The van der Waals surface area contributed by atoms with Crippen LogP contribution < -0.4 is 24.8 Å². The molecule has 0 atom stereocenters. The first kappa shape index (κ1) is 25.6. The first-order valence-corrected chi connectivity index (χ1v) is 11.5. The number of hydrogen-bond donors (Lipinski definition) is 2. The Labute approximate surface area is 206 Å². The van der Waals surface area contributed by atoms with E-state index in [-0.39, 0.29) is 18.4 Å². The Morgan fingerprint density at radius 1 is 0.886 bits per heavy atom. The molecule has 0 aliphatic rings. The summed E-state index contributed by atoms with van der Waals surface area (Å²) >= 11 is 0. The van der Waals surface area contributed by atoms with Gasteiger partial charge in [-0.25, -0.2) is 0 Å². The van der Waals surface area contributed by atoms with E-state index >= 15 is 0 Å². The van der Waals surface area contributed by atoms with Gasteiger partial charge in [-0.1, -0.05) is 44.2 Å². The smallest absolute Gasteiger partial charge is 0.262 e. The van der Waals surface area contributed by atoms with E-state index in [1.807, 2.05) is 42.5 Å². The Morgan fingerprint density at radius 3 is 2.29 bits per heavy atom. The van der Waals surface area contributed by atoms with Crippen molar-refractivity contribution in [2.45, 2.75) is 26.2 Å². The molecule has 0 spiro atoms. The third kappa shape index (κ3) is 7.24. The van der Waals surface area contributed by atoms with Gasteiger partial charge in [-0.15, -0.1) is 0 Å². The largest absolute Gasteiger partial charge is 0.493 e. The molecule has 184 valence electrons. The third-order valence-corrected chi connectivity index (χ3v) is 5.51. The number of benzene rings is 3. The van der Waals surface area contributed by atoms with Crippen molar-refractivity contribution in [2.24, 2.45) is 0 Å². The quantitative estimate of drug-likeness (QED) is 0.415. The van der Waals surface area contributed by atoms with E-state index in [1.54, 1.807) is 38.5 Å². The van der Waals surface area contributed by atoms with E-state index in [0.29, 0.717) is 47.4 Å². The van der Waals surface area contributed by atoms with Crippen molar-refractivity contribution in [1.82, 2.24) is 5.32 Å². The zero-order valence-electron chi connectivity index (χ0n) is 20.6. The molecule has 0 saturated heterocycles. The monoisotopic (exact) mass is 476 g/mol. The number of rotatable bonds is 11. The van der Waals surface area contributed by atoms with E-state index in [4.69, 9.17) is 14.2 Å². The third-order valence-electron chi connectivity index (χ3n) is 5.51. The molecule has 0 bridgehead atoms. The van der Waals surface area contributed by atoms with Crippen LogP contribution in [0.25, 0.3) is 0 Å². The molecule has 3 aromatic rings. The highest BCUT2D eigenvalue weighted by Gasteiger charge is 2.14. The number of methoxy groups -OCH3 is 2. The van der Waals surface area contributed by atoms with Gasteiger partial charge in [-0.05, 0) is 59.9 Å². The zero-order chi connectivity index (χ0) is 25.2. The van der Waals surface area contributed by atoms with Gasteiger partial charge in [0.05, 0.1) is 25.5 Å². The molecular formula is C28H32N2O5. The Hall–Kier alpha value is -4.00. The fourth-order valence-corrected chi connectivity index (χ4v) is 3.53. The topological polar surface area (TPSA) is 85.9 Å².